The summed E-state index contributed by atoms with van der Waals surface area (Å²) >= 11 is 4.78. The molecule has 0 radical (unpaired) electrons. The first kappa shape index (κ1) is 16.6. The molecule has 122 valence electrons. The lowest BCUT2D eigenvalue weighted by molar-refractivity contribution is -0.116. The van der Waals surface area contributed by atoms with Crippen LogP contribution in [0.15, 0.2) is 34.1 Å². The first-order valence-corrected chi connectivity index (χ1v) is 10.6. The standard InChI is InChI=1S/C15H15BrN2O3S2/c16-12-3-1-2-11(7-12)13-8-22-15(17-13)18-14(19)6-10-4-5-23(20,21)9-10/h1-3,7-8,10H,4-6,9H2,(H,17,18,19). The van der Waals surface area contributed by atoms with Crippen LogP contribution in [0.25, 0.3) is 11.3 Å². The molecular weight excluding hydrogens is 400 g/mol. The summed E-state index contributed by atoms with van der Waals surface area (Å²) in [6.07, 6.45) is 0.794. The summed E-state index contributed by atoms with van der Waals surface area (Å²) in [5, 5.41) is 5.18. The van der Waals surface area contributed by atoms with Crippen molar-refractivity contribution >= 4 is 48.1 Å². The van der Waals surface area contributed by atoms with E-state index in [0.29, 0.717) is 11.6 Å². The molecule has 1 atom stereocenters. The molecule has 1 fully saturated rings. The number of carbonyl (C=O) groups excluding carboxylic acids is 1. The summed E-state index contributed by atoms with van der Waals surface area (Å²) < 4.78 is 23.8. The lowest BCUT2D eigenvalue weighted by Gasteiger charge is -2.06. The van der Waals surface area contributed by atoms with E-state index in [1.165, 1.54) is 11.3 Å². The van der Waals surface area contributed by atoms with Crippen LogP contribution in [0.5, 0.6) is 0 Å². The molecular formula is C15H15BrN2O3S2. The molecule has 0 bridgehead atoms. The lowest BCUT2D eigenvalue weighted by atomic mass is 10.1. The number of anilines is 1. The summed E-state index contributed by atoms with van der Waals surface area (Å²) in [5.41, 5.74) is 1.77. The van der Waals surface area contributed by atoms with Gasteiger partial charge < -0.3 is 5.32 Å². The number of nitrogens with zero attached hydrogens (tertiary/aromatic N) is 1. The van der Waals surface area contributed by atoms with Gasteiger partial charge in [-0.15, -0.1) is 11.3 Å². The van der Waals surface area contributed by atoms with Gasteiger partial charge in [-0.1, -0.05) is 28.1 Å². The van der Waals surface area contributed by atoms with Crippen molar-refractivity contribution in [1.29, 1.82) is 0 Å². The van der Waals surface area contributed by atoms with Crippen LogP contribution < -0.4 is 5.32 Å². The number of benzene rings is 1. The number of sulfone groups is 1. The predicted octanol–water partition coefficient (Wildman–Crippen LogP) is 3.34. The van der Waals surface area contributed by atoms with Crippen LogP contribution in [-0.4, -0.2) is 30.8 Å². The molecule has 8 heteroatoms. The molecule has 5 nitrogen and oxygen atoms in total. The highest BCUT2D eigenvalue weighted by molar-refractivity contribution is 9.10. The smallest absolute Gasteiger partial charge is 0.226 e. The number of thiazole rings is 1. The zero-order valence-corrected chi connectivity index (χ0v) is 15.4. The van der Waals surface area contributed by atoms with Crippen LogP contribution in [0.4, 0.5) is 5.13 Å². The third-order valence-corrected chi connectivity index (χ3v) is 6.76. The fourth-order valence-electron chi connectivity index (χ4n) is 2.58. The normalized spacial score (nSPS) is 19.6. The Morgan fingerprint density at radius 3 is 2.96 bits per heavy atom. The number of nitrogens with one attached hydrogen (secondary N) is 1. The minimum absolute atomic E-state index is 0.0792. The topological polar surface area (TPSA) is 76.1 Å². The van der Waals surface area contributed by atoms with Gasteiger partial charge in [-0.25, -0.2) is 13.4 Å². The molecule has 1 saturated heterocycles. The summed E-state index contributed by atoms with van der Waals surface area (Å²) in [6.45, 7) is 0. The molecule has 2 aromatic rings. The first-order valence-electron chi connectivity index (χ1n) is 7.13. The van der Waals surface area contributed by atoms with Crippen molar-refractivity contribution < 1.29 is 13.2 Å². The van der Waals surface area contributed by atoms with E-state index >= 15 is 0 Å². The number of aromatic nitrogens is 1. The van der Waals surface area contributed by atoms with Crippen LogP contribution >= 0.6 is 27.3 Å². The van der Waals surface area contributed by atoms with E-state index in [-0.39, 0.29) is 29.8 Å². The molecule has 1 unspecified atom stereocenters. The quantitative estimate of drug-likeness (QED) is 0.831. The number of halogens is 1. The van der Waals surface area contributed by atoms with E-state index in [2.05, 4.69) is 26.2 Å². The molecule has 1 N–H and O–H groups in total. The fraction of sp³-hybridized carbons (Fsp3) is 0.333. The molecule has 1 aliphatic heterocycles. The summed E-state index contributed by atoms with van der Waals surface area (Å²) in [5.74, 6) is 0.0448. The zero-order chi connectivity index (χ0) is 16.4. The summed E-state index contributed by atoms with van der Waals surface area (Å²) in [6, 6.07) is 7.78. The highest BCUT2D eigenvalue weighted by atomic mass is 79.9. The van der Waals surface area contributed by atoms with Crippen molar-refractivity contribution in [2.24, 2.45) is 5.92 Å². The van der Waals surface area contributed by atoms with Gasteiger partial charge in [0, 0.05) is 21.8 Å². The molecule has 1 amide bonds. The minimum atomic E-state index is -2.95. The Kier molecular flexibility index (Phi) is 4.84. The van der Waals surface area contributed by atoms with Gasteiger partial charge in [0.2, 0.25) is 5.91 Å². The van der Waals surface area contributed by atoms with E-state index in [9.17, 15) is 13.2 Å². The second-order valence-electron chi connectivity index (χ2n) is 5.57. The summed E-state index contributed by atoms with van der Waals surface area (Å²) in [4.78, 5) is 16.4. The predicted molar refractivity (Wildman–Crippen MR) is 95.3 cm³/mol. The minimum Gasteiger partial charge on any atom is -0.302 e. The second-order valence-corrected chi connectivity index (χ2v) is 9.57. The van der Waals surface area contributed by atoms with Crippen LogP contribution in [-0.2, 0) is 14.6 Å². The Bertz CT molecular complexity index is 833. The van der Waals surface area contributed by atoms with E-state index in [4.69, 9.17) is 0 Å². The molecule has 0 aliphatic carbocycles. The van der Waals surface area contributed by atoms with Gasteiger partial charge in [0.25, 0.3) is 0 Å². The van der Waals surface area contributed by atoms with Crippen molar-refractivity contribution in [2.75, 3.05) is 16.8 Å². The van der Waals surface area contributed by atoms with Crippen molar-refractivity contribution in [3.8, 4) is 11.3 Å². The lowest BCUT2D eigenvalue weighted by Crippen LogP contribution is -2.17. The molecule has 1 aromatic heterocycles. The first-order chi connectivity index (χ1) is 10.9. The molecule has 1 aromatic carbocycles. The van der Waals surface area contributed by atoms with Gasteiger partial charge in [0.1, 0.15) is 0 Å². The number of hydrogen-bond donors (Lipinski definition) is 1. The zero-order valence-electron chi connectivity index (χ0n) is 12.2. The maximum absolute atomic E-state index is 12.0. The van der Waals surface area contributed by atoms with Crippen molar-refractivity contribution in [2.45, 2.75) is 12.8 Å². The van der Waals surface area contributed by atoms with Gasteiger partial charge >= 0.3 is 0 Å². The largest absolute Gasteiger partial charge is 0.302 e. The highest BCUT2D eigenvalue weighted by Gasteiger charge is 2.29. The highest BCUT2D eigenvalue weighted by Crippen LogP contribution is 2.27. The number of hydrogen-bond acceptors (Lipinski definition) is 5. The van der Waals surface area contributed by atoms with Crippen LogP contribution in [0, 0.1) is 5.92 Å². The summed E-state index contributed by atoms with van der Waals surface area (Å²) in [7, 11) is -2.95. The monoisotopic (exact) mass is 414 g/mol. The van der Waals surface area contributed by atoms with Gasteiger partial charge in [0.05, 0.1) is 17.2 Å². The van der Waals surface area contributed by atoms with E-state index in [1.54, 1.807) is 0 Å². The van der Waals surface area contributed by atoms with E-state index < -0.39 is 9.84 Å². The Morgan fingerprint density at radius 1 is 1.43 bits per heavy atom. The number of rotatable bonds is 4. The van der Waals surface area contributed by atoms with Crippen molar-refractivity contribution in [3.05, 3.63) is 34.1 Å². The molecule has 0 spiro atoms. The Labute approximate surface area is 147 Å². The van der Waals surface area contributed by atoms with Crippen LogP contribution in [0.1, 0.15) is 12.8 Å². The maximum Gasteiger partial charge on any atom is 0.226 e. The second kappa shape index (κ2) is 6.70. The molecule has 1 aliphatic rings. The van der Waals surface area contributed by atoms with E-state index in [1.807, 2.05) is 29.6 Å². The molecule has 0 saturated carbocycles. The Balaban J connectivity index is 1.62. The average molecular weight is 415 g/mol. The third kappa shape index (κ3) is 4.39. The third-order valence-electron chi connectivity index (χ3n) is 3.67. The Hall–Kier alpha value is -1.25. The molecule has 2 heterocycles. The Morgan fingerprint density at radius 2 is 2.26 bits per heavy atom. The van der Waals surface area contributed by atoms with Crippen molar-refractivity contribution in [3.63, 3.8) is 0 Å². The van der Waals surface area contributed by atoms with Gasteiger partial charge in [-0.3, -0.25) is 4.79 Å². The molecule has 3 rings (SSSR count). The fourth-order valence-corrected chi connectivity index (χ4v) is 5.57. The average Bonchev–Trinajstić information content (AvgIpc) is 3.05. The van der Waals surface area contributed by atoms with Gasteiger partial charge in [-0.05, 0) is 24.5 Å². The molecule has 23 heavy (non-hydrogen) atoms. The van der Waals surface area contributed by atoms with Gasteiger partial charge in [-0.2, -0.15) is 0 Å². The van der Waals surface area contributed by atoms with Gasteiger partial charge in [0.15, 0.2) is 15.0 Å². The van der Waals surface area contributed by atoms with Crippen LogP contribution in [0.3, 0.4) is 0 Å². The van der Waals surface area contributed by atoms with Crippen molar-refractivity contribution in [1.82, 2.24) is 4.98 Å². The number of carbonyl (C=O) groups is 1. The number of amides is 1. The van der Waals surface area contributed by atoms with E-state index in [0.717, 1.165) is 15.7 Å². The SMILES string of the molecule is O=C(CC1CCS(=O)(=O)C1)Nc1nc(-c2cccc(Br)c2)cs1. The maximum atomic E-state index is 12.0. The van der Waals surface area contributed by atoms with Crippen LogP contribution in [0.2, 0.25) is 0 Å².